The third-order valence-corrected chi connectivity index (χ3v) is 3.60. The first-order valence-corrected chi connectivity index (χ1v) is 6.53. The van der Waals surface area contributed by atoms with Gasteiger partial charge < -0.3 is 9.64 Å². The fourth-order valence-corrected chi connectivity index (χ4v) is 2.37. The zero-order valence-corrected chi connectivity index (χ0v) is 11.1. The molecule has 4 nitrogen and oxygen atoms in total. The van der Waals surface area contributed by atoms with Crippen molar-refractivity contribution in [1.29, 1.82) is 5.26 Å². The second-order valence-corrected chi connectivity index (χ2v) is 4.77. The van der Waals surface area contributed by atoms with Crippen LogP contribution in [-0.2, 0) is 9.53 Å². The molecule has 2 rings (SSSR count). The number of carbonyl (C=O) groups excluding carboxylic acids is 1. The minimum Gasteiger partial charge on any atom is -0.381 e. The third-order valence-electron chi connectivity index (χ3n) is 3.60. The van der Waals surface area contributed by atoms with Crippen molar-refractivity contribution < 1.29 is 9.53 Å². The minimum absolute atomic E-state index is 0.124. The van der Waals surface area contributed by atoms with Crippen LogP contribution in [0.4, 0.5) is 0 Å². The fourth-order valence-electron chi connectivity index (χ4n) is 2.37. The van der Waals surface area contributed by atoms with Gasteiger partial charge in [-0.15, -0.1) is 0 Å². The number of hydrogen-bond acceptors (Lipinski definition) is 3. The van der Waals surface area contributed by atoms with Gasteiger partial charge >= 0.3 is 0 Å². The van der Waals surface area contributed by atoms with Gasteiger partial charge in [0.25, 0.3) is 0 Å². The molecule has 1 fully saturated rings. The molecular weight excluding hydrogens is 240 g/mol. The maximum absolute atomic E-state index is 12.4. The topological polar surface area (TPSA) is 53.3 Å². The maximum Gasteiger partial charge on any atom is 0.244 e. The number of rotatable bonds is 3. The highest BCUT2D eigenvalue weighted by Gasteiger charge is 2.29. The van der Waals surface area contributed by atoms with Crippen molar-refractivity contribution in [2.24, 2.45) is 0 Å². The van der Waals surface area contributed by atoms with Crippen molar-refractivity contribution in [2.75, 3.05) is 20.3 Å². The van der Waals surface area contributed by atoms with Crippen molar-refractivity contribution in [3.05, 3.63) is 35.9 Å². The predicted octanol–water partition coefficient (Wildman–Crippen LogP) is 1.93. The van der Waals surface area contributed by atoms with E-state index in [9.17, 15) is 10.1 Å². The van der Waals surface area contributed by atoms with Gasteiger partial charge in [-0.1, -0.05) is 30.3 Å². The van der Waals surface area contributed by atoms with Crippen LogP contribution in [0.5, 0.6) is 0 Å². The third kappa shape index (κ3) is 3.12. The summed E-state index contributed by atoms with van der Waals surface area (Å²) in [6, 6.07) is 11.5. The van der Waals surface area contributed by atoms with Gasteiger partial charge in [0, 0.05) is 26.3 Å². The molecule has 19 heavy (non-hydrogen) atoms. The van der Waals surface area contributed by atoms with Gasteiger partial charge in [-0.2, -0.15) is 5.26 Å². The van der Waals surface area contributed by atoms with E-state index in [2.05, 4.69) is 6.07 Å². The molecule has 1 unspecified atom stereocenters. The molecular formula is C15H18N2O2. The summed E-state index contributed by atoms with van der Waals surface area (Å²) in [6.07, 6.45) is 1.68. The largest absolute Gasteiger partial charge is 0.381 e. The summed E-state index contributed by atoms with van der Waals surface area (Å²) in [7, 11) is 1.78. The Balaban J connectivity index is 2.10. The monoisotopic (exact) mass is 258 g/mol. The summed E-state index contributed by atoms with van der Waals surface area (Å²) in [5, 5.41) is 9.27. The lowest BCUT2D eigenvalue weighted by Gasteiger charge is -2.32. The average Bonchev–Trinajstić information content (AvgIpc) is 2.49. The van der Waals surface area contributed by atoms with Gasteiger partial charge in [0.05, 0.1) is 6.07 Å². The molecule has 1 aliphatic rings. The summed E-state index contributed by atoms with van der Waals surface area (Å²) in [4.78, 5) is 14.1. The molecule has 0 aliphatic carbocycles. The Labute approximate surface area is 113 Å². The van der Waals surface area contributed by atoms with Gasteiger partial charge in [0.1, 0.15) is 5.92 Å². The van der Waals surface area contributed by atoms with Crippen LogP contribution in [0, 0.1) is 11.3 Å². The van der Waals surface area contributed by atoms with Crippen molar-refractivity contribution in [3.8, 4) is 6.07 Å². The second kappa shape index (κ2) is 6.35. The summed E-state index contributed by atoms with van der Waals surface area (Å²) < 4.78 is 5.30. The van der Waals surface area contributed by atoms with E-state index in [4.69, 9.17) is 4.74 Å². The average molecular weight is 258 g/mol. The number of likely N-dealkylation sites (N-methyl/N-ethyl adjacent to an activating group) is 1. The van der Waals surface area contributed by atoms with Gasteiger partial charge in [0.15, 0.2) is 0 Å². The van der Waals surface area contributed by atoms with Crippen molar-refractivity contribution in [3.63, 3.8) is 0 Å². The van der Waals surface area contributed by atoms with Gasteiger partial charge in [-0.25, -0.2) is 0 Å². The number of hydrogen-bond donors (Lipinski definition) is 0. The van der Waals surface area contributed by atoms with Crippen molar-refractivity contribution in [1.82, 2.24) is 4.90 Å². The van der Waals surface area contributed by atoms with Crippen LogP contribution in [0.1, 0.15) is 24.3 Å². The first-order valence-electron chi connectivity index (χ1n) is 6.53. The van der Waals surface area contributed by atoms with E-state index in [0.29, 0.717) is 13.2 Å². The molecule has 100 valence electrons. The van der Waals surface area contributed by atoms with Gasteiger partial charge in [-0.3, -0.25) is 4.79 Å². The van der Waals surface area contributed by atoms with Crippen LogP contribution in [0.3, 0.4) is 0 Å². The number of carbonyl (C=O) groups is 1. The smallest absolute Gasteiger partial charge is 0.244 e. The Kier molecular flexibility index (Phi) is 4.53. The van der Waals surface area contributed by atoms with E-state index in [-0.39, 0.29) is 11.9 Å². The highest BCUT2D eigenvalue weighted by atomic mass is 16.5. The van der Waals surface area contributed by atoms with Crippen LogP contribution in [0.15, 0.2) is 30.3 Å². The highest BCUT2D eigenvalue weighted by Crippen LogP contribution is 2.21. The van der Waals surface area contributed by atoms with Crippen LogP contribution in [-0.4, -0.2) is 37.1 Å². The van der Waals surface area contributed by atoms with Gasteiger partial charge in [0.2, 0.25) is 5.91 Å². The lowest BCUT2D eigenvalue weighted by atomic mass is 9.97. The van der Waals surface area contributed by atoms with Crippen LogP contribution < -0.4 is 0 Å². The number of ether oxygens (including phenoxy) is 1. The highest BCUT2D eigenvalue weighted by molar-refractivity contribution is 5.86. The molecule has 1 saturated heterocycles. The van der Waals surface area contributed by atoms with Gasteiger partial charge in [-0.05, 0) is 18.4 Å². The SMILES string of the molecule is CN(C(=O)C(C#N)c1ccccc1)C1CCOCC1. The molecule has 0 saturated carbocycles. The molecule has 0 N–H and O–H groups in total. The lowest BCUT2D eigenvalue weighted by Crippen LogP contribution is -2.42. The van der Waals surface area contributed by atoms with Crippen LogP contribution in [0.25, 0.3) is 0 Å². The van der Waals surface area contributed by atoms with E-state index >= 15 is 0 Å². The maximum atomic E-state index is 12.4. The number of benzene rings is 1. The van der Waals surface area contributed by atoms with Crippen molar-refractivity contribution in [2.45, 2.75) is 24.8 Å². The van der Waals surface area contributed by atoms with E-state index in [1.165, 1.54) is 0 Å². The van der Waals surface area contributed by atoms with E-state index in [0.717, 1.165) is 18.4 Å². The fraction of sp³-hybridized carbons (Fsp3) is 0.467. The molecule has 1 aliphatic heterocycles. The van der Waals surface area contributed by atoms with E-state index in [1.807, 2.05) is 30.3 Å². The quantitative estimate of drug-likeness (QED) is 0.832. The molecule has 0 radical (unpaired) electrons. The zero-order chi connectivity index (χ0) is 13.7. The Bertz CT molecular complexity index is 461. The van der Waals surface area contributed by atoms with E-state index in [1.54, 1.807) is 11.9 Å². The molecule has 0 aromatic heterocycles. The summed E-state index contributed by atoms with van der Waals surface area (Å²) >= 11 is 0. The summed E-state index contributed by atoms with van der Waals surface area (Å²) in [5.41, 5.74) is 0.758. The second-order valence-electron chi connectivity index (χ2n) is 4.77. The molecule has 1 heterocycles. The Hall–Kier alpha value is -1.86. The molecule has 4 heteroatoms. The normalized spacial score (nSPS) is 17.5. The summed E-state index contributed by atoms with van der Waals surface area (Å²) in [6.45, 7) is 1.37. The van der Waals surface area contributed by atoms with Crippen LogP contribution in [0.2, 0.25) is 0 Å². The summed E-state index contributed by atoms with van der Waals surface area (Å²) in [5.74, 6) is -0.838. The molecule has 0 bridgehead atoms. The molecule has 1 amide bonds. The lowest BCUT2D eigenvalue weighted by molar-refractivity contribution is -0.134. The number of nitriles is 1. The first-order chi connectivity index (χ1) is 9.24. The van der Waals surface area contributed by atoms with Crippen LogP contribution >= 0.6 is 0 Å². The molecule has 0 spiro atoms. The van der Waals surface area contributed by atoms with E-state index < -0.39 is 5.92 Å². The minimum atomic E-state index is -0.714. The zero-order valence-electron chi connectivity index (χ0n) is 11.1. The Morgan fingerprint density at radius 2 is 2.00 bits per heavy atom. The molecule has 1 aromatic rings. The van der Waals surface area contributed by atoms with Crippen molar-refractivity contribution >= 4 is 5.91 Å². The Morgan fingerprint density at radius 1 is 1.37 bits per heavy atom. The Morgan fingerprint density at radius 3 is 2.58 bits per heavy atom. The molecule has 1 atom stereocenters. The number of nitrogens with zero attached hydrogens (tertiary/aromatic N) is 2. The predicted molar refractivity (Wildman–Crippen MR) is 71.4 cm³/mol. The molecule has 1 aromatic carbocycles. The standard InChI is InChI=1S/C15H18N2O2/c1-17(13-7-9-19-10-8-13)15(18)14(11-16)12-5-3-2-4-6-12/h2-6,13-14H,7-10H2,1H3. The first kappa shape index (κ1) is 13.6. The number of amides is 1.